The van der Waals surface area contributed by atoms with Crippen LogP contribution in [0.15, 0.2) is 30.3 Å². The van der Waals surface area contributed by atoms with Gasteiger partial charge in [-0.2, -0.15) is 0 Å². The third-order valence-corrected chi connectivity index (χ3v) is 4.97. The van der Waals surface area contributed by atoms with Crippen molar-refractivity contribution < 1.29 is 9.59 Å². The summed E-state index contributed by atoms with van der Waals surface area (Å²) in [7, 11) is 0. The molecule has 2 fully saturated rings. The summed E-state index contributed by atoms with van der Waals surface area (Å²) in [5.41, 5.74) is 1.04. The zero-order valence-corrected chi connectivity index (χ0v) is 14.2. The summed E-state index contributed by atoms with van der Waals surface area (Å²) < 4.78 is 0. The molecule has 1 unspecified atom stereocenters. The monoisotopic (exact) mass is 329 g/mol. The van der Waals surface area contributed by atoms with Crippen molar-refractivity contribution in [2.45, 2.75) is 25.7 Å². The molecule has 2 aliphatic heterocycles. The summed E-state index contributed by atoms with van der Waals surface area (Å²) >= 11 is 0. The molecule has 130 valence electrons. The molecule has 0 radical (unpaired) electrons. The Hall–Kier alpha value is -1.88. The zero-order valence-electron chi connectivity index (χ0n) is 14.2. The van der Waals surface area contributed by atoms with Crippen molar-refractivity contribution >= 4 is 11.8 Å². The molecular formula is C19H27N3O2. The predicted molar refractivity (Wildman–Crippen MR) is 93.5 cm³/mol. The van der Waals surface area contributed by atoms with Gasteiger partial charge in [0.15, 0.2) is 0 Å². The summed E-state index contributed by atoms with van der Waals surface area (Å²) in [5, 5.41) is 3.33. The van der Waals surface area contributed by atoms with Crippen molar-refractivity contribution in [1.29, 1.82) is 0 Å². The molecule has 3 rings (SSSR count). The molecule has 2 saturated heterocycles. The molecule has 1 atom stereocenters. The number of piperidine rings is 1. The standard InChI is InChI=1S/C19H27N3O2/c23-18(14-16-6-2-1-3-7-16)22-11-4-8-17(15-22)19(24)21-12-5-9-20-10-13-21/h1-3,6-7,17,20H,4-5,8-15H2. The van der Waals surface area contributed by atoms with Gasteiger partial charge in [-0.05, 0) is 31.4 Å². The molecular weight excluding hydrogens is 302 g/mol. The third-order valence-electron chi connectivity index (χ3n) is 4.97. The van der Waals surface area contributed by atoms with Gasteiger partial charge in [-0.3, -0.25) is 9.59 Å². The number of amides is 2. The fourth-order valence-electron chi connectivity index (χ4n) is 3.61. The Kier molecular flexibility index (Phi) is 5.86. The summed E-state index contributed by atoms with van der Waals surface area (Å²) in [4.78, 5) is 29.2. The molecule has 2 aliphatic rings. The van der Waals surface area contributed by atoms with Crippen LogP contribution in [0.1, 0.15) is 24.8 Å². The highest BCUT2D eigenvalue weighted by Crippen LogP contribution is 2.20. The molecule has 0 aromatic heterocycles. The van der Waals surface area contributed by atoms with Crippen LogP contribution >= 0.6 is 0 Å². The van der Waals surface area contributed by atoms with E-state index in [1.54, 1.807) is 0 Å². The Bertz CT molecular complexity index is 553. The molecule has 1 N–H and O–H groups in total. The summed E-state index contributed by atoms with van der Waals surface area (Å²) in [6.07, 6.45) is 3.26. The zero-order chi connectivity index (χ0) is 16.8. The number of rotatable bonds is 3. The second-order valence-electron chi connectivity index (χ2n) is 6.77. The second-order valence-corrected chi connectivity index (χ2v) is 6.77. The van der Waals surface area contributed by atoms with Crippen molar-refractivity contribution in [2.24, 2.45) is 5.92 Å². The van der Waals surface area contributed by atoms with Gasteiger partial charge in [-0.1, -0.05) is 30.3 Å². The lowest BCUT2D eigenvalue weighted by Crippen LogP contribution is -2.47. The topological polar surface area (TPSA) is 52.7 Å². The first-order valence-electron chi connectivity index (χ1n) is 9.05. The summed E-state index contributed by atoms with van der Waals surface area (Å²) in [6.45, 7) is 4.82. The van der Waals surface area contributed by atoms with Gasteiger partial charge in [-0.25, -0.2) is 0 Å². The van der Waals surface area contributed by atoms with Gasteiger partial charge in [0, 0.05) is 32.7 Å². The van der Waals surface area contributed by atoms with Crippen molar-refractivity contribution in [1.82, 2.24) is 15.1 Å². The number of nitrogens with one attached hydrogen (secondary N) is 1. The lowest BCUT2D eigenvalue weighted by atomic mass is 9.95. The minimum Gasteiger partial charge on any atom is -0.342 e. The minimum atomic E-state index is -0.0310. The van der Waals surface area contributed by atoms with Gasteiger partial charge in [0.25, 0.3) is 0 Å². The predicted octanol–water partition coefficient (Wildman–Crippen LogP) is 1.29. The van der Waals surface area contributed by atoms with Gasteiger partial charge in [0.2, 0.25) is 11.8 Å². The Morgan fingerprint density at radius 3 is 2.62 bits per heavy atom. The van der Waals surface area contributed by atoms with Crippen molar-refractivity contribution in [3.63, 3.8) is 0 Å². The van der Waals surface area contributed by atoms with Crippen LogP contribution in [0.25, 0.3) is 0 Å². The Balaban J connectivity index is 1.57. The van der Waals surface area contributed by atoms with Crippen molar-refractivity contribution in [3.05, 3.63) is 35.9 Å². The van der Waals surface area contributed by atoms with E-state index >= 15 is 0 Å². The first-order chi connectivity index (χ1) is 11.7. The van der Waals surface area contributed by atoms with E-state index in [4.69, 9.17) is 0 Å². The number of carbonyl (C=O) groups is 2. The second kappa shape index (κ2) is 8.29. The average molecular weight is 329 g/mol. The van der Waals surface area contributed by atoms with Crippen LogP contribution in [0, 0.1) is 5.92 Å². The molecule has 0 bridgehead atoms. The maximum absolute atomic E-state index is 12.8. The van der Waals surface area contributed by atoms with E-state index in [9.17, 15) is 9.59 Å². The molecule has 0 aliphatic carbocycles. The maximum Gasteiger partial charge on any atom is 0.227 e. The minimum absolute atomic E-state index is 0.0310. The number of hydrogen-bond donors (Lipinski definition) is 1. The van der Waals surface area contributed by atoms with Gasteiger partial charge < -0.3 is 15.1 Å². The van der Waals surface area contributed by atoms with Crippen molar-refractivity contribution in [2.75, 3.05) is 39.3 Å². The van der Waals surface area contributed by atoms with E-state index in [1.807, 2.05) is 40.1 Å². The van der Waals surface area contributed by atoms with Gasteiger partial charge >= 0.3 is 0 Å². The van der Waals surface area contributed by atoms with Crippen LogP contribution in [0.5, 0.6) is 0 Å². The highest BCUT2D eigenvalue weighted by molar-refractivity contribution is 5.82. The van der Waals surface area contributed by atoms with Crippen LogP contribution in [-0.2, 0) is 16.0 Å². The van der Waals surface area contributed by atoms with Crippen LogP contribution in [0.3, 0.4) is 0 Å². The normalized spacial score (nSPS) is 22.1. The first kappa shape index (κ1) is 17.0. The molecule has 0 spiro atoms. The van der Waals surface area contributed by atoms with E-state index in [1.165, 1.54) is 0 Å². The number of hydrogen-bond acceptors (Lipinski definition) is 3. The molecule has 5 nitrogen and oxygen atoms in total. The Morgan fingerprint density at radius 1 is 1.00 bits per heavy atom. The van der Waals surface area contributed by atoms with E-state index in [2.05, 4.69) is 5.32 Å². The van der Waals surface area contributed by atoms with Crippen LogP contribution in [-0.4, -0.2) is 60.9 Å². The largest absolute Gasteiger partial charge is 0.342 e. The molecule has 1 aromatic rings. The number of benzene rings is 1. The molecule has 2 heterocycles. The molecule has 0 saturated carbocycles. The highest BCUT2D eigenvalue weighted by Gasteiger charge is 2.31. The van der Waals surface area contributed by atoms with Crippen LogP contribution in [0.2, 0.25) is 0 Å². The number of carbonyl (C=O) groups excluding carboxylic acids is 2. The fraction of sp³-hybridized carbons (Fsp3) is 0.579. The van der Waals surface area contributed by atoms with Gasteiger partial charge in [0.05, 0.1) is 12.3 Å². The molecule has 24 heavy (non-hydrogen) atoms. The van der Waals surface area contributed by atoms with Crippen LogP contribution in [0.4, 0.5) is 0 Å². The maximum atomic E-state index is 12.8. The molecule has 1 aromatic carbocycles. The van der Waals surface area contributed by atoms with E-state index < -0.39 is 0 Å². The SMILES string of the molecule is O=C(Cc1ccccc1)N1CCCC(C(=O)N2CCCNCC2)C1. The first-order valence-corrected chi connectivity index (χ1v) is 9.05. The quantitative estimate of drug-likeness (QED) is 0.909. The lowest BCUT2D eigenvalue weighted by molar-refractivity contribution is -0.140. The highest BCUT2D eigenvalue weighted by atomic mass is 16.2. The number of nitrogens with zero attached hydrogens (tertiary/aromatic N) is 2. The Morgan fingerprint density at radius 2 is 1.79 bits per heavy atom. The third kappa shape index (κ3) is 4.35. The summed E-state index contributed by atoms with van der Waals surface area (Å²) in [6, 6.07) is 9.83. The number of likely N-dealkylation sites (tertiary alicyclic amines) is 1. The fourth-order valence-corrected chi connectivity index (χ4v) is 3.61. The molecule has 2 amide bonds. The van der Waals surface area contributed by atoms with Crippen LogP contribution < -0.4 is 5.32 Å². The smallest absolute Gasteiger partial charge is 0.227 e. The van der Waals surface area contributed by atoms with Gasteiger partial charge in [-0.15, -0.1) is 0 Å². The van der Waals surface area contributed by atoms with E-state index in [-0.39, 0.29) is 17.7 Å². The van der Waals surface area contributed by atoms with Gasteiger partial charge in [0.1, 0.15) is 0 Å². The lowest BCUT2D eigenvalue weighted by Gasteiger charge is -2.34. The van der Waals surface area contributed by atoms with Crippen molar-refractivity contribution in [3.8, 4) is 0 Å². The van der Waals surface area contributed by atoms with E-state index in [0.717, 1.165) is 57.5 Å². The van der Waals surface area contributed by atoms with E-state index in [0.29, 0.717) is 13.0 Å². The Labute approximate surface area is 144 Å². The summed E-state index contributed by atoms with van der Waals surface area (Å²) in [5.74, 6) is 0.337. The molecule has 5 heteroatoms. The average Bonchev–Trinajstić information content (AvgIpc) is 2.91.